The molecule has 1 heterocycles. The van der Waals surface area contributed by atoms with Gasteiger partial charge in [0.2, 0.25) is 0 Å². The van der Waals surface area contributed by atoms with Crippen LogP contribution >= 0.6 is 0 Å². The Kier molecular flexibility index (Phi) is 5.11. The molecule has 0 spiro atoms. The summed E-state index contributed by atoms with van der Waals surface area (Å²) < 4.78 is 2.02. The highest BCUT2D eigenvalue weighted by Gasteiger charge is 2.62. The number of nitrogens with zero attached hydrogens (tertiary/aromatic N) is 3. The van der Waals surface area contributed by atoms with E-state index in [1.165, 1.54) is 57.8 Å². The fraction of sp³-hybridized carbons (Fsp3) is 0.857. The zero-order valence-electron chi connectivity index (χ0n) is 20.5. The predicted octanol–water partition coefficient (Wildman–Crippen LogP) is 7.08. The van der Waals surface area contributed by atoms with Gasteiger partial charge in [0, 0.05) is 12.7 Å². The Morgan fingerprint density at radius 1 is 1.03 bits per heavy atom. The molecule has 170 valence electrons. The first-order valence-electron chi connectivity index (χ1n) is 13.1. The van der Waals surface area contributed by atoms with E-state index in [9.17, 15) is 0 Å². The summed E-state index contributed by atoms with van der Waals surface area (Å²) in [5.74, 6) is 5.52. The molecule has 7 unspecified atom stereocenters. The molecule has 0 N–H and O–H groups in total. The third-order valence-corrected chi connectivity index (χ3v) is 11.5. The van der Waals surface area contributed by atoms with Crippen LogP contribution in [0.5, 0.6) is 0 Å². The van der Waals surface area contributed by atoms with E-state index in [-0.39, 0.29) is 0 Å². The van der Waals surface area contributed by atoms with Gasteiger partial charge in [0.15, 0.2) is 0 Å². The summed E-state index contributed by atoms with van der Waals surface area (Å²) in [6, 6.07) is 2.23. The lowest BCUT2D eigenvalue weighted by molar-refractivity contribution is -0.106. The first kappa shape index (κ1) is 21.5. The lowest BCUT2D eigenvalue weighted by atomic mass is 9.45. The lowest BCUT2D eigenvalue weighted by Gasteiger charge is -2.59. The van der Waals surface area contributed by atoms with Crippen LogP contribution in [-0.4, -0.2) is 9.78 Å². The zero-order chi connectivity index (χ0) is 22.0. The fourth-order valence-corrected chi connectivity index (χ4v) is 9.42. The molecule has 0 radical (unpaired) electrons. The van der Waals surface area contributed by atoms with Crippen LogP contribution in [0.1, 0.15) is 98.0 Å². The van der Waals surface area contributed by atoms with Gasteiger partial charge in [-0.05, 0) is 110 Å². The van der Waals surface area contributed by atoms with Gasteiger partial charge in [-0.3, -0.25) is 4.68 Å². The summed E-state index contributed by atoms with van der Waals surface area (Å²) in [6.45, 7) is 13.7. The minimum atomic E-state index is 0.368. The van der Waals surface area contributed by atoms with Crippen molar-refractivity contribution in [1.82, 2.24) is 9.78 Å². The largest absolute Gasteiger partial charge is 0.271 e. The molecule has 0 aliphatic heterocycles. The second-order valence-corrected chi connectivity index (χ2v) is 13.2. The maximum absolute atomic E-state index is 9.16. The van der Waals surface area contributed by atoms with Crippen LogP contribution in [0.2, 0.25) is 0 Å². The van der Waals surface area contributed by atoms with Gasteiger partial charge >= 0.3 is 0 Å². The van der Waals surface area contributed by atoms with Gasteiger partial charge in [-0.1, -0.05) is 34.6 Å². The molecule has 0 aromatic carbocycles. The van der Waals surface area contributed by atoms with Crippen molar-refractivity contribution in [3.63, 3.8) is 0 Å². The second kappa shape index (κ2) is 7.36. The highest BCUT2D eigenvalue weighted by atomic mass is 15.3. The summed E-state index contributed by atoms with van der Waals surface area (Å²) in [6.07, 6.45) is 16.8. The maximum atomic E-state index is 9.16. The van der Waals surface area contributed by atoms with Crippen molar-refractivity contribution < 1.29 is 0 Å². The molecule has 4 aliphatic rings. The summed E-state index contributed by atoms with van der Waals surface area (Å²) in [5.41, 5.74) is 2.09. The van der Waals surface area contributed by atoms with E-state index in [2.05, 4.69) is 45.8 Å². The van der Waals surface area contributed by atoms with E-state index in [0.29, 0.717) is 27.7 Å². The molecule has 4 saturated carbocycles. The molecule has 1 aromatic heterocycles. The van der Waals surface area contributed by atoms with Crippen molar-refractivity contribution in [3.8, 4) is 6.07 Å². The predicted molar refractivity (Wildman–Crippen MR) is 125 cm³/mol. The zero-order valence-corrected chi connectivity index (χ0v) is 20.5. The van der Waals surface area contributed by atoms with E-state index in [1.54, 1.807) is 6.20 Å². The van der Waals surface area contributed by atoms with Crippen molar-refractivity contribution >= 4 is 0 Å². The van der Waals surface area contributed by atoms with Gasteiger partial charge in [-0.15, -0.1) is 0 Å². The maximum Gasteiger partial charge on any atom is 0.102 e. The molecule has 8 atom stereocenters. The summed E-state index contributed by atoms with van der Waals surface area (Å²) >= 11 is 0. The highest BCUT2D eigenvalue weighted by Crippen LogP contribution is 2.70. The first-order valence-corrected chi connectivity index (χ1v) is 13.1. The lowest BCUT2D eigenvalue weighted by Crippen LogP contribution is -2.52. The van der Waals surface area contributed by atoms with Crippen molar-refractivity contribution in [2.24, 2.45) is 51.8 Å². The Hall–Kier alpha value is -1.30. The quantitative estimate of drug-likeness (QED) is 0.523. The summed E-state index contributed by atoms with van der Waals surface area (Å²) in [7, 11) is 0. The van der Waals surface area contributed by atoms with Gasteiger partial charge in [-0.25, -0.2) is 0 Å². The average molecular weight is 422 g/mol. The molecular weight excluding hydrogens is 378 g/mol. The van der Waals surface area contributed by atoms with Crippen molar-refractivity contribution in [3.05, 3.63) is 18.0 Å². The highest BCUT2D eigenvalue weighted by molar-refractivity contribution is 5.21. The van der Waals surface area contributed by atoms with Gasteiger partial charge in [0.1, 0.15) is 6.07 Å². The molecule has 4 aliphatic carbocycles. The average Bonchev–Trinajstić information content (AvgIpc) is 3.29. The molecule has 31 heavy (non-hydrogen) atoms. The van der Waals surface area contributed by atoms with Gasteiger partial charge < -0.3 is 0 Å². The van der Waals surface area contributed by atoms with Crippen LogP contribution in [0, 0.1) is 63.1 Å². The van der Waals surface area contributed by atoms with Crippen molar-refractivity contribution in [2.75, 3.05) is 0 Å². The molecule has 5 rings (SSSR count). The number of hydrogen-bond acceptors (Lipinski definition) is 2. The SMILES string of the molecule is CC(Cn1cc(C#N)cn1)[C@@]1(C)CCC2C3CCC4CC(C)(C)CCC4C3CCC21C. The van der Waals surface area contributed by atoms with Crippen molar-refractivity contribution in [2.45, 2.75) is 99.0 Å². The molecule has 0 saturated heterocycles. The van der Waals surface area contributed by atoms with E-state index in [4.69, 9.17) is 5.26 Å². The monoisotopic (exact) mass is 421 g/mol. The number of rotatable bonds is 3. The normalized spacial score (nSPS) is 44.6. The molecule has 1 aromatic rings. The van der Waals surface area contributed by atoms with E-state index < -0.39 is 0 Å². The molecule has 3 heteroatoms. The molecule has 4 fully saturated rings. The molecule has 0 bridgehead atoms. The van der Waals surface area contributed by atoms with Crippen LogP contribution in [0.3, 0.4) is 0 Å². The Morgan fingerprint density at radius 2 is 1.81 bits per heavy atom. The van der Waals surface area contributed by atoms with Crippen LogP contribution in [0.15, 0.2) is 12.4 Å². The number of nitriles is 1. The van der Waals surface area contributed by atoms with Gasteiger partial charge in [0.25, 0.3) is 0 Å². The third-order valence-electron chi connectivity index (χ3n) is 11.5. The topological polar surface area (TPSA) is 41.6 Å². The standard InChI is InChI=1S/C28H43N3/c1-19(17-31-18-20(15-29)16-30-31)27(4)13-10-25-24-7-6-21-14-26(2,3)11-8-22(21)23(24)9-12-28(25,27)5/h16,18-19,21-25H,6-14,17H2,1-5H3/t19?,21?,22?,23?,24?,25?,27-,28?/m1/s1. The summed E-state index contributed by atoms with van der Waals surface area (Å²) in [4.78, 5) is 0. The minimum absolute atomic E-state index is 0.368. The van der Waals surface area contributed by atoms with Crippen LogP contribution in [0.25, 0.3) is 0 Å². The van der Waals surface area contributed by atoms with E-state index >= 15 is 0 Å². The molecular formula is C28H43N3. The molecule has 3 nitrogen and oxygen atoms in total. The van der Waals surface area contributed by atoms with Crippen molar-refractivity contribution in [1.29, 1.82) is 5.26 Å². The Labute approximate surface area is 190 Å². The fourth-order valence-electron chi connectivity index (χ4n) is 9.42. The van der Waals surface area contributed by atoms with Gasteiger partial charge in [-0.2, -0.15) is 10.4 Å². The Balaban J connectivity index is 1.34. The van der Waals surface area contributed by atoms with Crippen LogP contribution < -0.4 is 0 Å². The smallest absolute Gasteiger partial charge is 0.102 e. The molecule has 0 amide bonds. The number of fused-ring (bicyclic) bond motifs is 5. The summed E-state index contributed by atoms with van der Waals surface area (Å²) in [5, 5.41) is 13.6. The van der Waals surface area contributed by atoms with Crippen LogP contribution in [0.4, 0.5) is 0 Å². The van der Waals surface area contributed by atoms with E-state index in [1.807, 2.05) is 10.9 Å². The van der Waals surface area contributed by atoms with Crippen LogP contribution in [-0.2, 0) is 6.54 Å². The second-order valence-electron chi connectivity index (χ2n) is 13.2. The number of hydrogen-bond donors (Lipinski definition) is 0. The third kappa shape index (κ3) is 3.30. The van der Waals surface area contributed by atoms with Gasteiger partial charge in [0.05, 0.1) is 11.8 Å². The Morgan fingerprint density at radius 3 is 2.55 bits per heavy atom. The number of aromatic nitrogens is 2. The minimum Gasteiger partial charge on any atom is -0.271 e. The Bertz CT molecular complexity index is 862. The first-order chi connectivity index (χ1) is 14.7. The van der Waals surface area contributed by atoms with E-state index in [0.717, 1.165) is 36.1 Å².